The Balaban J connectivity index is 1.81. The van der Waals surface area contributed by atoms with E-state index in [1.54, 1.807) is 6.26 Å². The van der Waals surface area contributed by atoms with Crippen molar-refractivity contribution in [2.75, 3.05) is 19.4 Å². The first kappa shape index (κ1) is 14.5. The summed E-state index contributed by atoms with van der Waals surface area (Å²) in [5.74, 6) is 0. The van der Waals surface area contributed by atoms with Crippen molar-refractivity contribution in [3.8, 4) is 0 Å². The van der Waals surface area contributed by atoms with Gasteiger partial charge in [-0.1, -0.05) is 19.3 Å². The van der Waals surface area contributed by atoms with Gasteiger partial charge in [-0.15, -0.1) is 0 Å². The smallest absolute Gasteiger partial charge is 0.0697 e. The van der Waals surface area contributed by atoms with E-state index in [0.29, 0.717) is 6.04 Å². The van der Waals surface area contributed by atoms with Crippen molar-refractivity contribution in [2.24, 2.45) is 0 Å². The number of hydrogen-bond acceptors (Lipinski definition) is 3. The van der Waals surface area contributed by atoms with Crippen LogP contribution in [0.3, 0.4) is 0 Å². The highest BCUT2D eigenvalue weighted by molar-refractivity contribution is 7.84. The predicted molar refractivity (Wildman–Crippen MR) is 76.3 cm³/mol. The molecule has 1 saturated carbocycles. The molecule has 2 fully saturated rings. The fourth-order valence-corrected chi connectivity index (χ4v) is 3.53. The first-order chi connectivity index (χ1) is 8.61. The first-order valence-corrected chi connectivity index (χ1v) is 8.93. The minimum atomic E-state index is -0.722. The summed E-state index contributed by atoms with van der Waals surface area (Å²) in [6, 6.07) is 0.558. The van der Waals surface area contributed by atoms with Gasteiger partial charge in [0.2, 0.25) is 0 Å². The van der Waals surface area contributed by atoms with Crippen LogP contribution in [0.25, 0.3) is 0 Å². The zero-order valence-electron chi connectivity index (χ0n) is 11.7. The molecule has 0 aromatic rings. The molecule has 106 valence electrons. The maximum Gasteiger partial charge on any atom is 0.0697 e. The molecule has 0 aromatic carbocycles. The van der Waals surface area contributed by atoms with Crippen molar-refractivity contribution in [1.82, 2.24) is 5.32 Å². The SMILES string of the molecule is CC(CNC1CCOC2(CCCCC2)C1)S(C)=O. The molecule has 0 bridgehead atoms. The number of ether oxygens (including phenoxy) is 1. The van der Waals surface area contributed by atoms with Gasteiger partial charge in [-0.25, -0.2) is 0 Å². The van der Waals surface area contributed by atoms with Crippen LogP contribution in [-0.4, -0.2) is 40.5 Å². The van der Waals surface area contributed by atoms with E-state index >= 15 is 0 Å². The molecule has 1 aliphatic carbocycles. The van der Waals surface area contributed by atoms with Gasteiger partial charge in [0.15, 0.2) is 0 Å². The molecule has 0 radical (unpaired) electrons. The van der Waals surface area contributed by atoms with Crippen molar-refractivity contribution in [3.05, 3.63) is 0 Å². The highest BCUT2D eigenvalue weighted by atomic mass is 32.2. The van der Waals surface area contributed by atoms with Gasteiger partial charge >= 0.3 is 0 Å². The lowest BCUT2D eigenvalue weighted by Crippen LogP contribution is -2.49. The summed E-state index contributed by atoms with van der Waals surface area (Å²) in [6.07, 6.45) is 10.5. The molecule has 3 nitrogen and oxygen atoms in total. The standard InChI is InChI=1S/C14H27NO2S/c1-12(18(2)16)11-15-13-6-9-17-14(10-13)7-4-3-5-8-14/h12-13,15H,3-11H2,1-2H3. The largest absolute Gasteiger partial charge is 0.375 e. The third-order valence-corrected chi connectivity index (χ3v) is 5.82. The van der Waals surface area contributed by atoms with Gasteiger partial charge in [0, 0.05) is 41.5 Å². The molecule has 3 unspecified atom stereocenters. The van der Waals surface area contributed by atoms with Crippen LogP contribution in [0.15, 0.2) is 0 Å². The summed E-state index contributed by atoms with van der Waals surface area (Å²) < 4.78 is 17.4. The van der Waals surface area contributed by atoms with E-state index in [1.165, 1.54) is 32.1 Å². The Morgan fingerprint density at radius 2 is 2.11 bits per heavy atom. The Kier molecular flexibility index (Phi) is 5.22. The average molecular weight is 273 g/mol. The van der Waals surface area contributed by atoms with Crippen LogP contribution in [-0.2, 0) is 15.5 Å². The fourth-order valence-electron chi connectivity index (χ4n) is 3.20. The molecular formula is C14H27NO2S. The third-order valence-electron chi connectivity index (χ3n) is 4.52. The third kappa shape index (κ3) is 3.78. The number of rotatable bonds is 4. The molecule has 1 aliphatic heterocycles. The van der Waals surface area contributed by atoms with Gasteiger partial charge in [0.05, 0.1) is 5.60 Å². The molecule has 1 spiro atoms. The van der Waals surface area contributed by atoms with Crippen LogP contribution >= 0.6 is 0 Å². The summed E-state index contributed by atoms with van der Waals surface area (Å²) in [7, 11) is -0.722. The van der Waals surface area contributed by atoms with Crippen molar-refractivity contribution in [2.45, 2.75) is 68.8 Å². The van der Waals surface area contributed by atoms with Crippen molar-refractivity contribution < 1.29 is 8.95 Å². The van der Waals surface area contributed by atoms with Crippen LogP contribution in [0.1, 0.15) is 51.9 Å². The first-order valence-electron chi connectivity index (χ1n) is 7.31. The number of nitrogens with one attached hydrogen (secondary N) is 1. The van der Waals surface area contributed by atoms with Crippen molar-refractivity contribution in [3.63, 3.8) is 0 Å². The summed E-state index contributed by atoms with van der Waals surface area (Å²) >= 11 is 0. The van der Waals surface area contributed by atoms with Crippen molar-refractivity contribution >= 4 is 10.8 Å². The molecule has 0 aromatic heterocycles. The second-order valence-electron chi connectivity index (χ2n) is 6.00. The second-order valence-corrected chi connectivity index (χ2v) is 7.80. The van der Waals surface area contributed by atoms with E-state index in [9.17, 15) is 4.21 Å². The van der Waals surface area contributed by atoms with Crippen LogP contribution in [0.5, 0.6) is 0 Å². The van der Waals surface area contributed by atoms with Gasteiger partial charge in [-0.2, -0.15) is 0 Å². The lowest BCUT2D eigenvalue weighted by atomic mass is 9.78. The van der Waals surface area contributed by atoms with E-state index in [0.717, 1.165) is 26.0 Å². The van der Waals surface area contributed by atoms with Crippen LogP contribution in [0.2, 0.25) is 0 Å². The minimum Gasteiger partial charge on any atom is -0.375 e. The molecule has 1 N–H and O–H groups in total. The maximum absolute atomic E-state index is 11.4. The van der Waals surface area contributed by atoms with E-state index in [2.05, 4.69) is 12.2 Å². The second kappa shape index (κ2) is 6.49. The molecule has 0 amide bonds. The maximum atomic E-state index is 11.4. The summed E-state index contributed by atoms with van der Waals surface area (Å²) in [6.45, 7) is 3.81. The summed E-state index contributed by atoms with van der Waals surface area (Å²) in [5.41, 5.74) is 0.169. The van der Waals surface area contributed by atoms with Gasteiger partial charge < -0.3 is 10.1 Å². The van der Waals surface area contributed by atoms with Crippen LogP contribution in [0, 0.1) is 0 Å². The molecule has 1 heterocycles. The van der Waals surface area contributed by atoms with Gasteiger partial charge in [0.1, 0.15) is 0 Å². The Labute approximate surface area is 114 Å². The molecule has 3 atom stereocenters. The monoisotopic (exact) mass is 273 g/mol. The zero-order valence-corrected chi connectivity index (χ0v) is 12.6. The zero-order chi connectivity index (χ0) is 13.0. The summed E-state index contributed by atoms with van der Waals surface area (Å²) in [4.78, 5) is 0. The predicted octanol–water partition coefficient (Wildman–Crippen LogP) is 2.22. The van der Waals surface area contributed by atoms with E-state index in [1.807, 2.05) is 0 Å². The van der Waals surface area contributed by atoms with Crippen molar-refractivity contribution in [1.29, 1.82) is 0 Å². The van der Waals surface area contributed by atoms with Crippen LogP contribution < -0.4 is 5.32 Å². The topological polar surface area (TPSA) is 38.3 Å². The highest BCUT2D eigenvalue weighted by Gasteiger charge is 2.38. The van der Waals surface area contributed by atoms with E-state index in [-0.39, 0.29) is 10.9 Å². The Morgan fingerprint density at radius 3 is 2.78 bits per heavy atom. The lowest BCUT2D eigenvalue weighted by Gasteiger charge is -2.44. The van der Waals surface area contributed by atoms with Crippen LogP contribution in [0.4, 0.5) is 0 Å². The normalized spacial score (nSPS) is 31.1. The summed E-state index contributed by atoms with van der Waals surface area (Å²) in [5, 5.41) is 3.85. The number of hydrogen-bond donors (Lipinski definition) is 1. The molecule has 2 aliphatic rings. The molecule has 2 rings (SSSR count). The molecule has 1 saturated heterocycles. The molecule has 4 heteroatoms. The highest BCUT2D eigenvalue weighted by Crippen LogP contribution is 2.38. The van der Waals surface area contributed by atoms with Gasteiger partial charge in [-0.3, -0.25) is 4.21 Å². The Bertz CT molecular complexity index is 284. The van der Waals surface area contributed by atoms with Gasteiger partial charge in [0.25, 0.3) is 0 Å². The molecule has 18 heavy (non-hydrogen) atoms. The van der Waals surface area contributed by atoms with Gasteiger partial charge in [-0.05, 0) is 32.6 Å². The van der Waals surface area contributed by atoms with E-state index in [4.69, 9.17) is 4.74 Å². The lowest BCUT2D eigenvalue weighted by molar-refractivity contribution is -0.109. The molecular weight excluding hydrogens is 246 g/mol. The Hall–Kier alpha value is 0.0700. The minimum absolute atomic E-state index is 0.169. The Morgan fingerprint density at radius 1 is 1.39 bits per heavy atom. The fraction of sp³-hybridized carbons (Fsp3) is 1.00. The quantitative estimate of drug-likeness (QED) is 0.853. The average Bonchev–Trinajstić information content (AvgIpc) is 2.37. The van der Waals surface area contributed by atoms with E-state index < -0.39 is 10.8 Å².